The molecular weight excluding hydrogens is 248 g/mol. The minimum Gasteiger partial charge on any atom is -0.494 e. The largest absolute Gasteiger partial charge is 0.494 e. The molecule has 1 saturated heterocycles. The highest BCUT2D eigenvalue weighted by Gasteiger charge is 2.09. The van der Waals surface area contributed by atoms with Crippen molar-refractivity contribution >= 4 is 5.69 Å². The first-order chi connectivity index (χ1) is 9.83. The quantitative estimate of drug-likeness (QED) is 0.771. The minimum atomic E-state index is 0.818. The van der Waals surface area contributed by atoms with Gasteiger partial charge in [-0.3, -0.25) is 0 Å². The van der Waals surface area contributed by atoms with Crippen LogP contribution in [0.2, 0.25) is 0 Å². The molecule has 2 rings (SSSR count). The van der Waals surface area contributed by atoms with E-state index in [4.69, 9.17) is 4.74 Å². The van der Waals surface area contributed by atoms with Gasteiger partial charge < -0.3 is 15.0 Å². The maximum Gasteiger partial charge on any atom is 0.119 e. The van der Waals surface area contributed by atoms with E-state index in [2.05, 4.69) is 35.3 Å². The third-order valence-electron chi connectivity index (χ3n) is 4.06. The van der Waals surface area contributed by atoms with Crippen LogP contribution in [0, 0.1) is 0 Å². The number of benzene rings is 1. The molecule has 0 saturated carbocycles. The van der Waals surface area contributed by atoms with E-state index in [1.54, 1.807) is 0 Å². The van der Waals surface area contributed by atoms with Gasteiger partial charge in [0.2, 0.25) is 0 Å². The average Bonchev–Trinajstić information content (AvgIpc) is 2.52. The van der Waals surface area contributed by atoms with Gasteiger partial charge in [-0.05, 0) is 62.5 Å². The van der Waals surface area contributed by atoms with Crippen molar-refractivity contribution in [1.29, 1.82) is 0 Å². The molecule has 0 aromatic heterocycles. The summed E-state index contributed by atoms with van der Waals surface area (Å²) in [5.74, 6) is 1.000. The third kappa shape index (κ3) is 4.41. The second-order valence-electron chi connectivity index (χ2n) is 5.53. The van der Waals surface area contributed by atoms with E-state index in [9.17, 15) is 0 Å². The maximum atomic E-state index is 5.88. The molecule has 112 valence electrons. The first-order valence-corrected chi connectivity index (χ1v) is 7.99. The lowest BCUT2D eigenvalue weighted by molar-refractivity contribution is 0.205. The summed E-state index contributed by atoms with van der Waals surface area (Å²) in [6, 6.07) is 6.33. The fourth-order valence-corrected chi connectivity index (χ4v) is 2.86. The van der Waals surface area contributed by atoms with Crippen LogP contribution in [0.25, 0.3) is 0 Å². The van der Waals surface area contributed by atoms with E-state index in [0.29, 0.717) is 0 Å². The van der Waals surface area contributed by atoms with Crippen LogP contribution < -0.4 is 10.1 Å². The molecule has 0 amide bonds. The normalized spacial score (nSPS) is 16.1. The summed E-state index contributed by atoms with van der Waals surface area (Å²) in [6.07, 6.45) is 6.29. The van der Waals surface area contributed by atoms with Gasteiger partial charge in [0.1, 0.15) is 5.75 Å². The van der Waals surface area contributed by atoms with Crippen LogP contribution >= 0.6 is 0 Å². The van der Waals surface area contributed by atoms with Crippen LogP contribution in [0.15, 0.2) is 18.2 Å². The molecule has 0 spiro atoms. The molecule has 3 heteroatoms. The van der Waals surface area contributed by atoms with E-state index in [-0.39, 0.29) is 0 Å². The van der Waals surface area contributed by atoms with Crippen LogP contribution in [0.1, 0.15) is 38.2 Å². The fourth-order valence-electron chi connectivity index (χ4n) is 2.86. The zero-order valence-electron chi connectivity index (χ0n) is 13.0. The maximum absolute atomic E-state index is 5.88. The van der Waals surface area contributed by atoms with Crippen LogP contribution in [-0.4, -0.2) is 38.2 Å². The summed E-state index contributed by atoms with van der Waals surface area (Å²) in [4.78, 5) is 2.56. The predicted octanol–water partition coefficient (Wildman–Crippen LogP) is 3.55. The van der Waals surface area contributed by atoms with Gasteiger partial charge in [-0.15, -0.1) is 0 Å². The molecule has 0 atom stereocenters. The Morgan fingerprint density at radius 3 is 2.70 bits per heavy atom. The first-order valence-electron chi connectivity index (χ1n) is 7.99. The standard InChI is InChI=1S/C17H28N2O/c1-3-15-14-16(8-9-17(15)18-2)20-13-7-12-19-10-5-4-6-11-19/h8-9,14,18H,3-7,10-13H2,1-2H3. The van der Waals surface area contributed by atoms with Gasteiger partial charge in [0.05, 0.1) is 6.61 Å². The van der Waals surface area contributed by atoms with E-state index in [1.165, 1.54) is 50.1 Å². The molecule has 1 N–H and O–H groups in total. The van der Waals surface area contributed by atoms with Crippen LogP contribution in [0.4, 0.5) is 5.69 Å². The Morgan fingerprint density at radius 2 is 2.00 bits per heavy atom. The monoisotopic (exact) mass is 276 g/mol. The molecule has 1 aliphatic heterocycles. The zero-order valence-corrected chi connectivity index (χ0v) is 13.0. The summed E-state index contributed by atoms with van der Waals surface area (Å²) in [5.41, 5.74) is 2.52. The number of anilines is 1. The third-order valence-corrected chi connectivity index (χ3v) is 4.06. The van der Waals surface area contributed by atoms with Crippen molar-refractivity contribution in [1.82, 2.24) is 4.90 Å². The van der Waals surface area contributed by atoms with Crippen LogP contribution in [0.3, 0.4) is 0 Å². The number of nitrogens with one attached hydrogen (secondary N) is 1. The Bertz CT molecular complexity index is 400. The second-order valence-corrected chi connectivity index (χ2v) is 5.53. The Kier molecular flexibility index (Phi) is 6.19. The smallest absolute Gasteiger partial charge is 0.119 e. The topological polar surface area (TPSA) is 24.5 Å². The van der Waals surface area contributed by atoms with Crippen molar-refractivity contribution in [3.05, 3.63) is 23.8 Å². The van der Waals surface area contributed by atoms with Gasteiger partial charge in [-0.1, -0.05) is 13.3 Å². The Hall–Kier alpha value is -1.22. The molecule has 1 aliphatic rings. The molecule has 0 bridgehead atoms. The summed E-state index contributed by atoms with van der Waals surface area (Å²) < 4.78 is 5.88. The molecular formula is C17H28N2O. The molecule has 1 heterocycles. The Morgan fingerprint density at radius 1 is 1.20 bits per heavy atom. The number of hydrogen-bond donors (Lipinski definition) is 1. The lowest BCUT2D eigenvalue weighted by Crippen LogP contribution is -2.31. The molecule has 1 aromatic rings. The summed E-state index contributed by atoms with van der Waals surface area (Å²) in [5, 5.41) is 3.22. The van der Waals surface area contributed by atoms with Gasteiger partial charge in [0.25, 0.3) is 0 Å². The van der Waals surface area contributed by atoms with E-state index in [0.717, 1.165) is 25.2 Å². The molecule has 0 radical (unpaired) electrons. The highest BCUT2D eigenvalue weighted by atomic mass is 16.5. The van der Waals surface area contributed by atoms with Crippen molar-refractivity contribution in [3.63, 3.8) is 0 Å². The van der Waals surface area contributed by atoms with Gasteiger partial charge in [0, 0.05) is 19.3 Å². The number of piperidine rings is 1. The van der Waals surface area contributed by atoms with E-state index < -0.39 is 0 Å². The molecule has 20 heavy (non-hydrogen) atoms. The number of ether oxygens (including phenoxy) is 1. The lowest BCUT2D eigenvalue weighted by Gasteiger charge is -2.26. The molecule has 1 fully saturated rings. The van der Waals surface area contributed by atoms with Crippen LogP contribution in [-0.2, 0) is 6.42 Å². The SMILES string of the molecule is CCc1cc(OCCCN2CCCCC2)ccc1NC. The number of rotatable bonds is 7. The van der Waals surface area contributed by atoms with Crippen molar-refractivity contribution < 1.29 is 4.74 Å². The highest BCUT2D eigenvalue weighted by molar-refractivity contribution is 5.53. The summed E-state index contributed by atoms with van der Waals surface area (Å²) in [6.45, 7) is 6.72. The Labute approximate surface area is 123 Å². The number of aryl methyl sites for hydroxylation is 1. The zero-order chi connectivity index (χ0) is 14.2. The lowest BCUT2D eigenvalue weighted by atomic mass is 10.1. The van der Waals surface area contributed by atoms with Crippen molar-refractivity contribution in [2.24, 2.45) is 0 Å². The van der Waals surface area contributed by atoms with E-state index >= 15 is 0 Å². The van der Waals surface area contributed by atoms with E-state index in [1.807, 2.05) is 7.05 Å². The second kappa shape index (κ2) is 8.15. The van der Waals surface area contributed by atoms with Gasteiger partial charge in [-0.2, -0.15) is 0 Å². The van der Waals surface area contributed by atoms with Crippen molar-refractivity contribution in [2.75, 3.05) is 38.6 Å². The summed E-state index contributed by atoms with van der Waals surface area (Å²) in [7, 11) is 1.97. The van der Waals surface area contributed by atoms with Crippen LogP contribution in [0.5, 0.6) is 5.75 Å². The van der Waals surface area contributed by atoms with Crippen molar-refractivity contribution in [2.45, 2.75) is 39.0 Å². The van der Waals surface area contributed by atoms with Gasteiger partial charge >= 0.3 is 0 Å². The predicted molar refractivity (Wildman–Crippen MR) is 85.8 cm³/mol. The first kappa shape index (κ1) is 15.2. The fraction of sp³-hybridized carbons (Fsp3) is 0.647. The molecule has 0 unspecified atom stereocenters. The molecule has 1 aromatic carbocycles. The van der Waals surface area contributed by atoms with Gasteiger partial charge in [-0.25, -0.2) is 0 Å². The molecule has 0 aliphatic carbocycles. The average molecular weight is 276 g/mol. The van der Waals surface area contributed by atoms with Gasteiger partial charge in [0.15, 0.2) is 0 Å². The number of likely N-dealkylation sites (tertiary alicyclic amines) is 1. The minimum absolute atomic E-state index is 0.818. The number of hydrogen-bond acceptors (Lipinski definition) is 3. The molecule has 3 nitrogen and oxygen atoms in total. The number of nitrogens with zero attached hydrogens (tertiary/aromatic N) is 1. The highest BCUT2D eigenvalue weighted by Crippen LogP contribution is 2.22. The van der Waals surface area contributed by atoms with Crippen molar-refractivity contribution in [3.8, 4) is 5.75 Å². The Balaban J connectivity index is 1.73. The summed E-state index contributed by atoms with van der Waals surface area (Å²) >= 11 is 0.